The summed E-state index contributed by atoms with van der Waals surface area (Å²) in [6, 6.07) is 18.8. The first kappa shape index (κ1) is 11.9. The maximum Gasteiger partial charge on any atom is 0.148 e. The molecule has 0 aromatic heterocycles. The number of ether oxygens (including phenoxy) is 1. The number of hydrogen-bond donors (Lipinski definition) is 0. The lowest BCUT2D eigenvalue weighted by Gasteiger charge is -2.01. The Hall–Kier alpha value is -2.60. The fourth-order valence-electron chi connectivity index (χ4n) is 1.53. The highest BCUT2D eigenvalue weighted by Crippen LogP contribution is 2.15. The largest absolute Gasteiger partial charge is 0.497 e. The molecule has 2 aromatic rings. The lowest BCUT2D eigenvalue weighted by molar-refractivity contribution is 0.415. The van der Waals surface area contributed by atoms with Crippen LogP contribution < -0.4 is 4.74 Å². The average Bonchev–Trinajstić information content (AvgIpc) is 2.46. The lowest BCUT2D eigenvalue weighted by Crippen LogP contribution is -1.96. The summed E-state index contributed by atoms with van der Waals surface area (Å²) in [7, 11) is 1.61. The van der Waals surface area contributed by atoms with Crippen LogP contribution in [0.1, 0.15) is 5.56 Å². The monoisotopic (exact) mass is 236 g/mol. The summed E-state index contributed by atoms with van der Waals surface area (Å²) in [5.74, 6) is 0.760. The van der Waals surface area contributed by atoms with Gasteiger partial charge in [0.1, 0.15) is 17.5 Å². The first-order valence-electron chi connectivity index (χ1n) is 5.52. The van der Waals surface area contributed by atoms with E-state index in [1.54, 1.807) is 7.11 Å². The summed E-state index contributed by atoms with van der Waals surface area (Å²) >= 11 is 0. The molecule has 0 spiro atoms. The van der Waals surface area contributed by atoms with Gasteiger partial charge in [0.2, 0.25) is 0 Å². The molecule has 2 rings (SSSR count). The van der Waals surface area contributed by atoms with Crippen molar-refractivity contribution in [3.8, 4) is 11.8 Å². The maximum absolute atomic E-state index is 9.16. The molecule has 0 saturated heterocycles. The second kappa shape index (κ2) is 5.65. The minimum absolute atomic E-state index is 0.392. The molecule has 0 bridgehead atoms. The third-order valence-corrected chi connectivity index (χ3v) is 2.47. The zero-order valence-corrected chi connectivity index (χ0v) is 10.00. The zero-order valence-electron chi connectivity index (χ0n) is 10.00. The number of methoxy groups -OCH3 is 1. The van der Waals surface area contributed by atoms with Crippen LogP contribution in [0.2, 0.25) is 0 Å². The molecule has 0 radical (unpaired) electrons. The molecule has 0 heterocycles. The molecular formula is C15H12N2O. The van der Waals surface area contributed by atoms with Crippen LogP contribution in [0.3, 0.4) is 0 Å². The van der Waals surface area contributed by atoms with Crippen molar-refractivity contribution in [3.63, 3.8) is 0 Å². The lowest BCUT2D eigenvalue weighted by atomic mass is 10.1. The van der Waals surface area contributed by atoms with Gasteiger partial charge in [-0.15, -0.1) is 0 Å². The number of aliphatic imine (C=N–C) groups is 1. The van der Waals surface area contributed by atoms with Crippen LogP contribution in [-0.2, 0) is 0 Å². The van der Waals surface area contributed by atoms with Crippen molar-refractivity contribution in [3.05, 3.63) is 60.2 Å². The summed E-state index contributed by atoms with van der Waals surface area (Å²) in [5.41, 5.74) is 1.94. The van der Waals surface area contributed by atoms with E-state index in [2.05, 4.69) is 11.1 Å². The summed E-state index contributed by atoms with van der Waals surface area (Å²) in [4.78, 5) is 4.32. The Balaban J connectivity index is 2.34. The summed E-state index contributed by atoms with van der Waals surface area (Å²) in [6.45, 7) is 0. The minimum Gasteiger partial charge on any atom is -0.497 e. The first-order chi connectivity index (χ1) is 8.83. The van der Waals surface area contributed by atoms with Gasteiger partial charge in [-0.2, -0.15) is 5.26 Å². The van der Waals surface area contributed by atoms with E-state index in [9.17, 15) is 0 Å². The Morgan fingerprint density at radius 2 is 1.72 bits per heavy atom. The van der Waals surface area contributed by atoms with Gasteiger partial charge >= 0.3 is 0 Å². The van der Waals surface area contributed by atoms with Gasteiger partial charge in [0.15, 0.2) is 0 Å². The van der Waals surface area contributed by atoms with Crippen LogP contribution >= 0.6 is 0 Å². The second-order valence-corrected chi connectivity index (χ2v) is 3.64. The summed E-state index contributed by atoms with van der Waals surface area (Å²) in [5, 5.41) is 9.16. The summed E-state index contributed by atoms with van der Waals surface area (Å²) < 4.78 is 5.08. The van der Waals surface area contributed by atoms with E-state index in [4.69, 9.17) is 10.00 Å². The second-order valence-electron chi connectivity index (χ2n) is 3.64. The van der Waals surface area contributed by atoms with Crippen molar-refractivity contribution in [2.24, 2.45) is 4.99 Å². The van der Waals surface area contributed by atoms with Crippen LogP contribution in [0, 0.1) is 11.3 Å². The molecule has 3 nitrogen and oxygen atoms in total. The minimum atomic E-state index is 0.392. The molecule has 18 heavy (non-hydrogen) atoms. The Bertz CT molecular complexity index is 580. The molecular weight excluding hydrogens is 224 g/mol. The average molecular weight is 236 g/mol. The molecule has 0 amide bonds. The van der Waals surface area contributed by atoms with Gasteiger partial charge in [0, 0.05) is 5.56 Å². The fraction of sp³-hybridized carbons (Fsp3) is 0.0667. The number of benzene rings is 2. The number of nitrogens with zero attached hydrogens (tertiary/aromatic N) is 2. The van der Waals surface area contributed by atoms with Crippen LogP contribution in [0.4, 0.5) is 5.69 Å². The Labute approximate surface area is 106 Å². The number of rotatable bonds is 3. The standard InChI is InChI=1S/C15H12N2O/c1-18-14-9-7-12(8-10-14)15(11-16)17-13-5-3-2-4-6-13/h2-10H,1H3/b17-15+. The quantitative estimate of drug-likeness (QED) is 0.767. The van der Waals surface area contributed by atoms with Gasteiger partial charge in [-0.1, -0.05) is 18.2 Å². The highest BCUT2D eigenvalue weighted by Gasteiger charge is 2.02. The van der Waals surface area contributed by atoms with E-state index in [-0.39, 0.29) is 0 Å². The topological polar surface area (TPSA) is 45.4 Å². The molecule has 0 unspecified atom stereocenters. The van der Waals surface area contributed by atoms with Gasteiger partial charge in [-0.05, 0) is 36.4 Å². The van der Waals surface area contributed by atoms with Crippen molar-refractivity contribution in [1.82, 2.24) is 0 Å². The van der Waals surface area contributed by atoms with Gasteiger partial charge in [0.05, 0.1) is 12.8 Å². The van der Waals surface area contributed by atoms with E-state index in [1.165, 1.54) is 0 Å². The third kappa shape index (κ3) is 2.74. The molecule has 88 valence electrons. The molecule has 0 saturated carbocycles. The fourth-order valence-corrected chi connectivity index (χ4v) is 1.53. The number of para-hydroxylation sites is 1. The predicted molar refractivity (Wildman–Crippen MR) is 71.2 cm³/mol. The molecule has 0 atom stereocenters. The van der Waals surface area contributed by atoms with E-state index in [1.807, 2.05) is 54.6 Å². The van der Waals surface area contributed by atoms with Gasteiger partial charge in [0.25, 0.3) is 0 Å². The van der Waals surface area contributed by atoms with Crippen LogP contribution in [-0.4, -0.2) is 12.8 Å². The number of hydrogen-bond acceptors (Lipinski definition) is 3. The van der Waals surface area contributed by atoms with E-state index in [0.717, 1.165) is 17.0 Å². The molecule has 3 heteroatoms. The summed E-state index contributed by atoms with van der Waals surface area (Å²) in [6.07, 6.45) is 0. The SMILES string of the molecule is COc1ccc(/C(C#N)=N/c2ccccc2)cc1. The zero-order chi connectivity index (χ0) is 12.8. The molecule has 0 aliphatic heterocycles. The van der Waals surface area contributed by atoms with Crippen molar-refractivity contribution in [2.45, 2.75) is 0 Å². The molecule has 2 aromatic carbocycles. The van der Waals surface area contributed by atoms with E-state index in [0.29, 0.717) is 5.71 Å². The van der Waals surface area contributed by atoms with Crippen molar-refractivity contribution in [1.29, 1.82) is 5.26 Å². The third-order valence-electron chi connectivity index (χ3n) is 2.47. The highest BCUT2D eigenvalue weighted by atomic mass is 16.5. The van der Waals surface area contributed by atoms with Crippen LogP contribution in [0.25, 0.3) is 0 Å². The highest BCUT2D eigenvalue weighted by molar-refractivity contribution is 6.12. The van der Waals surface area contributed by atoms with Gasteiger partial charge < -0.3 is 4.74 Å². The number of nitriles is 1. The van der Waals surface area contributed by atoms with Crippen molar-refractivity contribution >= 4 is 11.4 Å². The predicted octanol–water partition coefficient (Wildman–Crippen LogP) is 3.34. The van der Waals surface area contributed by atoms with Gasteiger partial charge in [-0.3, -0.25) is 0 Å². The van der Waals surface area contributed by atoms with E-state index >= 15 is 0 Å². The Morgan fingerprint density at radius 3 is 2.28 bits per heavy atom. The van der Waals surface area contributed by atoms with Gasteiger partial charge in [-0.25, -0.2) is 4.99 Å². The molecule has 0 aliphatic carbocycles. The normalized spacial score (nSPS) is 10.8. The first-order valence-corrected chi connectivity index (χ1v) is 5.52. The van der Waals surface area contributed by atoms with E-state index < -0.39 is 0 Å². The maximum atomic E-state index is 9.16. The van der Waals surface area contributed by atoms with Crippen LogP contribution in [0.15, 0.2) is 59.6 Å². The smallest absolute Gasteiger partial charge is 0.148 e. The molecule has 0 N–H and O–H groups in total. The Morgan fingerprint density at radius 1 is 1.06 bits per heavy atom. The van der Waals surface area contributed by atoms with Crippen molar-refractivity contribution in [2.75, 3.05) is 7.11 Å². The Kier molecular flexibility index (Phi) is 3.72. The molecule has 0 fully saturated rings. The molecule has 0 aliphatic rings. The van der Waals surface area contributed by atoms with Crippen LogP contribution in [0.5, 0.6) is 5.75 Å². The van der Waals surface area contributed by atoms with Crippen molar-refractivity contribution < 1.29 is 4.74 Å².